The van der Waals surface area contributed by atoms with Crippen molar-refractivity contribution in [3.8, 4) is 11.1 Å². The van der Waals surface area contributed by atoms with Crippen molar-refractivity contribution in [2.75, 3.05) is 13.1 Å². The molecular weight excluding hydrogens is 382 g/mol. The second-order valence-electron chi connectivity index (χ2n) is 8.43. The summed E-state index contributed by atoms with van der Waals surface area (Å²) in [6.45, 7) is 5.66. The number of likely N-dealkylation sites (tertiary alicyclic amines) is 1. The number of benzene rings is 3. The lowest BCUT2D eigenvalue weighted by Gasteiger charge is -2.32. The van der Waals surface area contributed by atoms with Gasteiger partial charge in [0.1, 0.15) is 0 Å². The average molecular weight is 414 g/mol. The number of urea groups is 1. The number of nitrogens with zero attached hydrogens (tertiary/aromatic N) is 1. The summed E-state index contributed by atoms with van der Waals surface area (Å²) in [5.74, 6) is 0. The van der Waals surface area contributed by atoms with Gasteiger partial charge in [-0.2, -0.15) is 0 Å². The Balaban J connectivity index is 1.18. The van der Waals surface area contributed by atoms with Crippen molar-refractivity contribution in [3.05, 3.63) is 95.6 Å². The van der Waals surface area contributed by atoms with Gasteiger partial charge in [0, 0.05) is 32.2 Å². The van der Waals surface area contributed by atoms with E-state index in [1.807, 2.05) is 18.2 Å². The van der Waals surface area contributed by atoms with Crippen molar-refractivity contribution < 1.29 is 4.79 Å². The third-order valence-electron chi connectivity index (χ3n) is 5.96. The molecule has 0 radical (unpaired) electrons. The molecule has 1 saturated heterocycles. The molecular formula is C27H31N3O. The van der Waals surface area contributed by atoms with E-state index in [1.54, 1.807) is 0 Å². The van der Waals surface area contributed by atoms with Crippen molar-refractivity contribution in [1.82, 2.24) is 15.5 Å². The van der Waals surface area contributed by atoms with Crippen LogP contribution in [0, 0.1) is 6.92 Å². The zero-order valence-corrected chi connectivity index (χ0v) is 18.2. The van der Waals surface area contributed by atoms with Crippen molar-refractivity contribution >= 4 is 6.03 Å². The van der Waals surface area contributed by atoms with Crippen LogP contribution in [0.1, 0.15) is 29.5 Å². The fourth-order valence-electron chi connectivity index (χ4n) is 4.05. The first-order valence-corrected chi connectivity index (χ1v) is 11.1. The molecule has 0 atom stereocenters. The van der Waals surface area contributed by atoms with E-state index in [0.29, 0.717) is 6.54 Å². The lowest BCUT2D eigenvalue weighted by Crippen LogP contribution is -2.47. The Morgan fingerprint density at radius 3 is 2.13 bits per heavy atom. The Morgan fingerprint density at radius 2 is 1.45 bits per heavy atom. The van der Waals surface area contributed by atoms with Crippen molar-refractivity contribution in [3.63, 3.8) is 0 Å². The van der Waals surface area contributed by atoms with Crippen LogP contribution in [0.4, 0.5) is 4.79 Å². The number of rotatable bonds is 6. The highest BCUT2D eigenvalue weighted by Crippen LogP contribution is 2.19. The highest BCUT2D eigenvalue weighted by molar-refractivity contribution is 5.74. The van der Waals surface area contributed by atoms with E-state index in [9.17, 15) is 4.79 Å². The minimum absolute atomic E-state index is 0.0795. The van der Waals surface area contributed by atoms with Gasteiger partial charge in [0.15, 0.2) is 0 Å². The number of aryl methyl sites for hydroxylation is 1. The molecule has 2 amide bonds. The van der Waals surface area contributed by atoms with Gasteiger partial charge in [0.05, 0.1) is 0 Å². The van der Waals surface area contributed by atoms with Gasteiger partial charge in [-0.3, -0.25) is 4.90 Å². The monoisotopic (exact) mass is 413 g/mol. The Kier molecular flexibility index (Phi) is 7.00. The van der Waals surface area contributed by atoms with E-state index in [0.717, 1.165) is 38.0 Å². The Morgan fingerprint density at radius 1 is 0.839 bits per heavy atom. The molecule has 3 aromatic carbocycles. The second kappa shape index (κ2) is 10.3. The third-order valence-corrected chi connectivity index (χ3v) is 5.96. The zero-order valence-electron chi connectivity index (χ0n) is 18.2. The number of amides is 2. The summed E-state index contributed by atoms with van der Waals surface area (Å²) >= 11 is 0. The lowest BCUT2D eigenvalue weighted by molar-refractivity contribution is 0.186. The van der Waals surface area contributed by atoms with Gasteiger partial charge in [-0.15, -0.1) is 0 Å². The average Bonchev–Trinajstić information content (AvgIpc) is 2.81. The Labute approximate surface area is 185 Å². The number of piperidine rings is 1. The minimum Gasteiger partial charge on any atom is -0.335 e. The van der Waals surface area contributed by atoms with Crippen LogP contribution in [0.5, 0.6) is 0 Å². The maximum atomic E-state index is 12.3. The smallest absolute Gasteiger partial charge is 0.315 e. The van der Waals surface area contributed by atoms with Gasteiger partial charge >= 0.3 is 6.03 Å². The molecule has 4 nitrogen and oxygen atoms in total. The van der Waals surface area contributed by atoms with E-state index in [1.165, 1.54) is 22.3 Å². The summed E-state index contributed by atoms with van der Waals surface area (Å²) in [7, 11) is 0. The standard InChI is InChI=1S/C27H31N3O/c1-21-7-9-23(10-8-21)20-30-17-15-26(16-18-30)29-27(31)28-19-22-11-13-25(14-12-22)24-5-3-2-4-6-24/h2-14,26H,15-20H2,1H3,(H2,28,29,31). The van der Waals surface area contributed by atoms with Crippen LogP contribution in [0.2, 0.25) is 0 Å². The third kappa shape index (κ3) is 6.19. The number of carbonyl (C=O) groups excluding carboxylic acids is 1. The maximum absolute atomic E-state index is 12.3. The fourth-order valence-corrected chi connectivity index (χ4v) is 4.05. The molecule has 31 heavy (non-hydrogen) atoms. The van der Waals surface area contributed by atoms with Crippen molar-refractivity contribution in [2.24, 2.45) is 0 Å². The fraction of sp³-hybridized carbons (Fsp3) is 0.296. The predicted molar refractivity (Wildman–Crippen MR) is 127 cm³/mol. The molecule has 1 fully saturated rings. The lowest BCUT2D eigenvalue weighted by atomic mass is 10.0. The van der Waals surface area contributed by atoms with E-state index in [-0.39, 0.29) is 12.1 Å². The van der Waals surface area contributed by atoms with Gasteiger partial charge in [0.2, 0.25) is 0 Å². The molecule has 2 N–H and O–H groups in total. The molecule has 0 bridgehead atoms. The number of hydrogen-bond donors (Lipinski definition) is 2. The summed E-state index contributed by atoms with van der Waals surface area (Å²) in [6, 6.07) is 27.6. The predicted octanol–water partition coefficient (Wildman–Crippen LogP) is 5.13. The van der Waals surface area contributed by atoms with Gasteiger partial charge in [-0.25, -0.2) is 4.79 Å². The SMILES string of the molecule is Cc1ccc(CN2CCC(NC(=O)NCc3ccc(-c4ccccc4)cc3)CC2)cc1. The first-order chi connectivity index (χ1) is 15.2. The first-order valence-electron chi connectivity index (χ1n) is 11.1. The Bertz CT molecular complexity index is 960. The molecule has 4 heteroatoms. The number of carbonyl (C=O) groups is 1. The number of nitrogens with one attached hydrogen (secondary N) is 2. The Hall–Kier alpha value is -3.11. The highest BCUT2D eigenvalue weighted by Gasteiger charge is 2.20. The van der Waals surface area contributed by atoms with Crippen LogP contribution in [0.15, 0.2) is 78.9 Å². The summed E-state index contributed by atoms with van der Waals surface area (Å²) in [4.78, 5) is 14.8. The van der Waals surface area contributed by atoms with Gasteiger partial charge in [-0.1, -0.05) is 84.4 Å². The summed E-state index contributed by atoms with van der Waals surface area (Å²) in [6.07, 6.45) is 1.98. The molecule has 0 saturated carbocycles. The van der Waals surface area contributed by atoms with E-state index in [4.69, 9.17) is 0 Å². The molecule has 0 spiro atoms. The van der Waals surface area contributed by atoms with Gasteiger partial charge in [0.25, 0.3) is 0 Å². The molecule has 1 heterocycles. The summed E-state index contributed by atoms with van der Waals surface area (Å²) in [5, 5.41) is 6.14. The van der Waals surface area contributed by atoms with E-state index < -0.39 is 0 Å². The van der Waals surface area contributed by atoms with Crippen LogP contribution in [-0.2, 0) is 13.1 Å². The van der Waals surface area contributed by atoms with Gasteiger partial charge < -0.3 is 10.6 Å². The number of hydrogen-bond acceptors (Lipinski definition) is 2. The topological polar surface area (TPSA) is 44.4 Å². The first kappa shape index (κ1) is 21.1. The zero-order chi connectivity index (χ0) is 21.5. The van der Waals surface area contributed by atoms with Crippen LogP contribution >= 0.6 is 0 Å². The molecule has 0 unspecified atom stereocenters. The molecule has 1 aliphatic rings. The van der Waals surface area contributed by atoms with Crippen LogP contribution in [0.25, 0.3) is 11.1 Å². The van der Waals surface area contributed by atoms with Gasteiger partial charge in [-0.05, 0) is 42.0 Å². The van der Waals surface area contributed by atoms with E-state index in [2.05, 4.69) is 83.1 Å². The van der Waals surface area contributed by atoms with E-state index >= 15 is 0 Å². The second-order valence-corrected chi connectivity index (χ2v) is 8.43. The highest BCUT2D eigenvalue weighted by atomic mass is 16.2. The van der Waals surface area contributed by atoms with Crippen molar-refractivity contribution in [1.29, 1.82) is 0 Å². The molecule has 160 valence electrons. The minimum atomic E-state index is -0.0795. The molecule has 0 aromatic heterocycles. The quantitative estimate of drug-likeness (QED) is 0.589. The normalized spacial score (nSPS) is 14.9. The molecule has 3 aromatic rings. The van der Waals surface area contributed by atoms with Crippen LogP contribution in [-0.4, -0.2) is 30.1 Å². The summed E-state index contributed by atoms with van der Waals surface area (Å²) < 4.78 is 0. The van der Waals surface area contributed by atoms with Crippen LogP contribution < -0.4 is 10.6 Å². The maximum Gasteiger partial charge on any atom is 0.315 e. The summed E-state index contributed by atoms with van der Waals surface area (Å²) in [5.41, 5.74) is 6.14. The largest absolute Gasteiger partial charge is 0.335 e. The van der Waals surface area contributed by atoms with Crippen molar-refractivity contribution in [2.45, 2.75) is 38.9 Å². The van der Waals surface area contributed by atoms with Crippen LogP contribution in [0.3, 0.4) is 0 Å². The molecule has 4 rings (SSSR count). The molecule has 0 aliphatic carbocycles. The molecule has 1 aliphatic heterocycles.